The summed E-state index contributed by atoms with van der Waals surface area (Å²) in [4.78, 5) is 14.9. The molecule has 2 bridgehead atoms. The van der Waals surface area contributed by atoms with Crippen molar-refractivity contribution in [3.05, 3.63) is 76.9 Å². The van der Waals surface area contributed by atoms with Crippen LogP contribution in [0.5, 0.6) is 0 Å². The Kier molecular flexibility index (Phi) is 2.75. The molecule has 2 aromatic carbocycles. The Morgan fingerprint density at radius 1 is 0.826 bits per heavy atom. The third kappa shape index (κ3) is 1.78. The van der Waals surface area contributed by atoms with Gasteiger partial charge in [-0.2, -0.15) is 0 Å². The Balaban J connectivity index is 1.72. The number of allylic oxidation sites excluding steroid dienone is 1. The number of benzene rings is 2. The Labute approximate surface area is 136 Å². The molecule has 2 heteroatoms. The minimum absolute atomic E-state index is 0.270. The lowest BCUT2D eigenvalue weighted by Crippen LogP contribution is -2.48. The molecule has 114 valence electrons. The van der Waals surface area contributed by atoms with Crippen molar-refractivity contribution in [2.45, 2.75) is 18.8 Å². The van der Waals surface area contributed by atoms with E-state index < -0.39 is 0 Å². The molecule has 0 aromatic heterocycles. The number of nitrogens with zero attached hydrogens (tertiary/aromatic N) is 1. The first kappa shape index (κ1) is 13.1. The van der Waals surface area contributed by atoms with E-state index in [9.17, 15) is 4.79 Å². The van der Waals surface area contributed by atoms with Gasteiger partial charge in [-0.05, 0) is 41.0 Å². The van der Waals surface area contributed by atoms with Gasteiger partial charge in [-0.15, -0.1) is 0 Å². The molecular formula is C21H19NO. The second-order valence-corrected chi connectivity index (χ2v) is 6.82. The van der Waals surface area contributed by atoms with Gasteiger partial charge in [0, 0.05) is 24.6 Å². The largest absolute Gasteiger partial charge is 0.339 e. The van der Waals surface area contributed by atoms with Crippen molar-refractivity contribution < 1.29 is 4.79 Å². The number of fused-ring (bicyclic) bond motifs is 4. The zero-order valence-electron chi connectivity index (χ0n) is 13.0. The molecule has 3 heterocycles. The second-order valence-electron chi connectivity index (χ2n) is 6.82. The lowest BCUT2D eigenvalue weighted by atomic mass is 9.64. The molecule has 3 fully saturated rings. The number of rotatable bonds is 1. The summed E-state index contributed by atoms with van der Waals surface area (Å²) in [6.07, 6.45) is 2.27. The average Bonchev–Trinajstić information content (AvgIpc) is 2.60. The van der Waals surface area contributed by atoms with E-state index in [1.54, 1.807) is 0 Å². The molecule has 1 aliphatic carbocycles. The highest BCUT2D eigenvalue weighted by atomic mass is 16.2. The van der Waals surface area contributed by atoms with Crippen molar-refractivity contribution >= 4 is 11.5 Å². The molecule has 0 N–H and O–H groups in total. The molecule has 1 unspecified atom stereocenters. The van der Waals surface area contributed by atoms with Gasteiger partial charge in [0.25, 0.3) is 0 Å². The van der Waals surface area contributed by atoms with Crippen LogP contribution in [0.1, 0.15) is 35.4 Å². The molecule has 0 saturated carbocycles. The van der Waals surface area contributed by atoms with Crippen LogP contribution in [0.25, 0.3) is 5.57 Å². The van der Waals surface area contributed by atoms with Gasteiger partial charge < -0.3 is 4.90 Å². The first-order valence-electron chi connectivity index (χ1n) is 8.52. The Hall–Kier alpha value is -2.35. The van der Waals surface area contributed by atoms with E-state index in [0.717, 1.165) is 31.5 Å². The van der Waals surface area contributed by atoms with Crippen molar-refractivity contribution in [2.24, 2.45) is 5.92 Å². The highest BCUT2D eigenvalue weighted by Crippen LogP contribution is 2.54. The number of piperidine rings is 3. The maximum Gasteiger partial charge on any atom is 0.250 e. The molecule has 2 nitrogen and oxygen atoms in total. The minimum Gasteiger partial charge on any atom is -0.339 e. The van der Waals surface area contributed by atoms with Crippen LogP contribution >= 0.6 is 0 Å². The van der Waals surface area contributed by atoms with Gasteiger partial charge in [-0.1, -0.05) is 54.6 Å². The van der Waals surface area contributed by atoms with E-state index in [2.05, 4.69) is 54.6 Å². The van der Waals surface area contributed by atoms with Crippen molar-refractivity contribution in [2.75, 3.05) is 13.1 Å². The second kappa shape index (κ2) is 4.82. The van der Waals surface area contributed by atoms with Crippen molar-refractivity contribution in [1.82, 2.24) is 4.90 Å². The van der Waals surface area contributed by atoms with Crippen LogP contribution in [0.4, 0.5) is 0 Å². The maximum absolute atomic E-state index is 12.9. The zero-order chi connectivity index (χ0) is 15.4. The predicted molar refractivity (Wildman–Crippen MR) is 91.0 cm³/mol. The molecule has 1 atom stereocenters. The van der Waals surface area contributed by atoms with Gasteiger partial charge in [0.15, 0.2) is 0 Å². The lowest BCUT2D eigenvalue weighted by Gasteiger charge is -2.45. The van der Waals surface area contributed by atoms with Crippen LogP contribution in [0.15, 0.2) is 60.2 Å². The van der Waals surface area contributed by atoms with E-state index in [-0.39, 0.29) is 11.8 Å². The van der Waals surface area contributed by atoms with Crippen LogP contribution < -0.4 is 0 Å². The number of hydrogen-bond acceptors (Lipinski definition) is 1. The van der Waals surface area contributed by atoms with E-state index in [0.29, 0.717) is 5.92 Å². The lowest BCUT2D eigenvalue weighted by molar-refractivity contribution is -0.132. The normalized spacial score (nSPS) is 26.2. The fourth-order valence-electron chi connectivity index (χ4n) is 4.57. The summed E-state index contributed by atoms with van der Waals surface area (Å²) in [7, 11) is 0. The molecule has 0 spiro atoms. The van der Waals surface area contributed by atoms with Crippen molar-refractivity contribution in [3.63, 3.8) is 0 Å². The number of hydrogen-bond donors (Lipinski definition) is 0. The minimum atomic E-state index is 0.270. The average molecular weight is 301 g/mol. The highest BCUT2D eigenvalue weighted by molar-refractivity contribution is 6.07. The monoisotopic (exact) mass is 301 g/mol. The van der Waals surface area contributed by atoms with E-state index in [4.69, 9.17) is 0 Å². The van der Waals surface area contributed by atoms with Gasteiger partial charge in [0.05, 0.1) is 0 Å². The molecule has 2 aromatic rings. The molecular weight excluding hydrogens is 282 g/mol. The number of carbonyl (C=O) groups is 1. The summed E-state index contributed by atoms with van der Waals surface area (Å²) < 4.78 is 0. The number of carbonyl (C=O) groups excluding carboxylic acids is 1. The molecule has 3 saturated heterocycles. The summed E-state index contributed by atoms with van der Waals surface area (Å²) in [5.74, 6) is 1.02. The third-order valence-electron chi connectivity index (χ3n) is 5.69. The molecule has 6 rings (SSSR count). The van der Waals surface area contributed by atoms with Crippen LogP contribution in [0, 0.1) is 5.92 Å². The quantitative estimate of drug-likeness (QED) is 0.733. The predicted octanol–water partition coefficient (Wildman–Crippen LogP) is 3.84. The Morgan fingerprint density at radius 2 is 1.52 bits per heavy atom. The molecule has 23 heavy (non-hydrogen) atoms. The summed E-state index contributed by atoms with van der Waals surface area (Å²) in [6, 6.07) is 19.2. The van der Waals surface area contributed by atoms with Crippen LogP contribution in [-0.4, -0.2) is 23.9 Å². The topological polar surface area (TPSA) is 20.3 Å². The Bertz CT molecular complexity index is 813. The smallest absolute Gasteiger partial charge is 0.250 e. The number of amides is 1. The van der Waals surface area contributed by atoms with Crippen LogP contribution in [0.2, 0.25) is 0 Å². The maximum atomic E-state index is 12.9. The van der Waals surface area contributed by atoms with Gasteiger partial charge in [0.1, 0.15) is 0 Å². The highest BCUT2D eigenvalue weighted by Gasteiger charge is 2.44. The Morgan fingerprint density at radius 3 is 2.26 bits per heavy atom. The van der Waals surface area contributed by atoms with Crippen molar-refractivity contribution in [3.8, 4) is 0 Å². The SMILES string of the molecule is O=C1C(=C2c3ccccc3C2c2ccccc2)C2CCN1CC2. The van der Waals surface area contributed by atoms with Gasteiger partial charge >= 0.3 is 0 Å². The molecule has 4 aliphatic rings. The van der Waals surface area contributed by atoms with E-state index >= 15 is 0 Å². The zero-order valence-corrected chi connectivity index (χ0v) is 13.0. The third-order valence-corrected chi connectivity index (χ3v) is 5.69. The van der Waals surface area contributed by atoms with Gasteiger partial charge in [-0.25, -0.2) is 0 Å². The summed E-state index contributed by atoms with van der Waals surface area (Å²) >= 11 is 0. The summed E-state index contributed by atoms with van der Waals surface area (Å²) in [5.41, 5.74) is 6.36. The van der Waals surface area contributed by atoms with Crippen molar-refractivity contribution in [1.29, 1.82) is 0 Å². The fraction of sp³-hybridized carbons (Fsp3) is 0.286. The molecule has 1 amide bonds. The van der Waals surface area contributed by atoms with Crippen LogP contribution in [-0.2, 0) is 4.79 Å². The first-order chi connectivity index (χ1) is 11.3. The van der Waals surface area contributed by atoms with Gasteiger partial charge in [-0.3, -0.25) is 4.79 Å². The van der Waals surface area contributed by atoms with E-state index in [1.807, 2.05) is 4.90 Å². The standard InChI is InChI=1S/C21H19NO/c23-21-19(15-10-12-22(21)13-11-15)20-17-9-5-4-8-16(17)18(20)14-6-2-1-3-7-14/h1-9,15,18H,10-13H2. The first-order valence-corrected chi connectivity index (χ1v) is 8.52. The summed E-state index contributed by atoms with van der Waals surface area (Å²) in [5, 5.41) is 0. The summed E-state index contributed by atoms with van der Waals surface area (Å²) in [6.45, 7) is 1.88. The molecule has 0 radical (unpaired) electrons. The van der Waals surface area contributed by atoms with Gasteiger partial charge in [0.2, 0.25) is 5.91 Å². The van der Waals surface area contributed by atoms with Crippen LogP contribution in [0.3, 0.4) is 0 Å². The molecule has 3 aliphatic heterocycles. The fourth-order valence-corrected chi connectivity index (χ4v) is 4.57. The van der Waals surface area contributed by atoms with E-state index in [1.165, 1.54) is 22.3 Å².